The molecule has 1 aliphatic heterocycles. The zero-order valence-electron chi connectivity index (χ0n) is 13.9. The number of rotatable bonds is 6. The third-order valence-corrected chi connectivity index (χ3v) is 4.98. The molecule has 0 radical (unpaired) electrons. The van der Waals surface area contributed by atoms with E-state index in [2.05, 4.69) is 39.5 Å². The van der Waals surface area contributed by atoms with E-state index in [9.17, 15) is 0 Å². The summed E-state index contributed by atoms with van der Waals surface area (Å²) in [6.07, 6.45) is 6.63. The number of likely N-dealkylation sites (tertiary alicyclic amines) is 1. The molecule has 0 aromatic heterocycles. The van der Waals surface area contributed by atoms with Gasteiger partial charge < -0.3 is 10.6 Å². The highest BCUT2D eigenvalue weighted by Crippen LogP contribution is 2.32. The fourth-order valence-electron chi connectivity index (χ4n) is 3.44. The van der Waals surface area contributed by atoms with Gasteiger partial charge in [-0.3, -0.25) is 0 Å². The van der Waals surface area contributed by atoms with Crippen molar-refractivity contribution >= 4 is 0 Å². The van der Waals surface area contributed by atoms with E-state index in [1.807, 2.05) is 0 Å². The fourth-order valence-corrected chi connectivity index (χ4v) is 3.44. The molecule has 1 rings (SSSR count). The largest absolute Gasteiger partial charge is 0.330 e. The van der Waals surface area contributed by atoms with E-state index in [1.165, 1.54) is 45.2 Å². The molecule has 0 aromatic carbocycles. The lowest BCUT2D eigenvalue weighted by atomic mass is 9.76. The smallest absolute Gasteiger partial charge is 0.00671 e. The van der Waals surface area contributed by atoms with E-state index >= 15 is 0 Å². The fraction of sp³-hybridized carbons (Fsp3) is 1.00. The number of hydrogen-bond donors (Lipinski definition) is 1. The van der Waals surface area contributed by atoms with Crippen LogP contribution >= 0.6 is 0 Å². The molecular weight excluding hydrogens is 232 g/mol. The molecule has 0 aliphatic carbocycles. The van der Waals surface area contributed by atoms with Crippen molar-refractivity contribution in [3.63, 3.8) is 0 Å². The summed E-state index contributed by atoms with van der Waals surface area (Å²) in [5, 5.41) is 0. The van der Waals surface area contributed by atoms with Crippen LogP contribution in [0.3, 0.4) is 0 Å². The van der Waals surface area contributed by atoms with E-state index in [1.54, 1.807) is 0 Å². The van der Waals surface area contributed by atoms with Crippen molar-refractivity contribution in [1.29, 1.82) is 0 Å². The molecule has 2 N–H and O–H groups in total. The molecule has 0 aromatic rings. The molecule has 3 unspecified atom stereocenters. The quantitative estimate of drug-likeness (QED) is 0.791. The van der Waals surface area contributed by atoms with E-state index < -0.39 is 0 Å². The molecule has 3 atom stereocenters. The molecule has 1 fully saturated rings. The Morgan fingerprint density at radius 3 is 2.42 bits per heavy atom. The van der Waals surface area contributed by atoms with Crippen LogP contribution in [0.4, 0.5) is 0 Å². The minimum atomic E-state index is 0.403. The topological polar surface area (TPSA) is 29.3 Å². The van der Waals surface area contributed by atoms with Crippen LogP contribution in [0.2, 0.25) is 0 Å². The summed E-state index contributed by atoms with van der Waals surface area (Å²) in [6, 6.07) is 0.791. The van der Waals surface area contributed by atoms with E-state index in [0.717, 1.165) is 24.4 Å². The third-order valence-electron chi connectivity index (χ3n) is 4.98. The van der Waals surface area contributed by atoms with Gasteiger partial charge in [-0.25, -0.2) is 0 Å². The summed E-state index contributed by atoms with van der Waals surface area (Å²) >= 11 is 0. The lowest BCUT2D eigenvalue weighted by Crippen LogP contribution is -2.41. The van der Waals surface area contributed by atoms with Crippen LogP contribution in [-0.2, 0) is 0 Å². The predicted octanol–water partition coefficient (Wildman–Crippen LogP) is 3.90. The molecule has 1 saturated heterocycles. The van der Waals surface area contributed by atoms with Crippen LogP contribution in [0.15, 0.2) is 0 Å². The zero-order valence-corrected chi connectivity index (χ0v) is 13.9. The monoisotopic (exact) mass is 268 g/mol. The molecule has 1 aliphatic rings. The average molecular weight is 268 g/mol. The van der Waals surface area contributed by atoms with E-state index in [4.69, 9.17) is 5.73 Å². The number of nitrogens with two attached hydrogens (primary N) is 1. The van der Waals surface area contributed by atoms with Gasteiger partial charge >= 0.3 is 0 Å². The van der Waals surface area contributed by atoms with Crippen LogP contribution < -0.4 is 5.73 Å². The van der Waals surface area contributed by atoms with Crippen LogP contribution in [0.5, 0.6) is 0 Å². The molecule has 1 heterocycles. The van der Waals surface area contributed by atoms with Gasteiger partial charge in [-0.2, -0.15) is 0 Å². The predicted molar refractivity (Wildman–Crippen MR) is 85.3 cm³/mol. The van der Waals surface area contributed by atoms with Crippen molar-refractivity contribution in [1.82, 2.24) is 4.90 Å². The van der Waals surface area contributed by atoms with Crippen LogP contribution in [0.25, 0.3) is 0 Å². The Hall–Kier alpha value is -0.0800. The van der Waals surface area contributed by atoms with Crippen molar-refractivity contribution in [2.45, 2.75) is 72.8 Å². The van der Waals surface area contributed by atoms with E-state index in [-0.39, 0.29) is 0 Å². The lowest BCUT2D eigenvalue weighted by Gasteiger charge is -2.37. The first-order valence-corrected chi connectivity index (χ1v) is 8.28. The van der Waals surface area contributed by atoms with Gasteiger partial charge in [0.1, 0.15) is 0 Å². The van der Waals surface area contributed by atoms with Gasteiger partial charge in [-0.15, -0.1) is 0 Å². The SMILES string of the molecule is CC1CCC(C)N(CCCC(CCN)C(C)(C)C)C1. The molecule has 0 spiro atoms. The third kappa shape index (κ3) is 5.83. The maximum atomic E-state index is 5.77. The molecule has 114 valence electrons. The number of nitrogens with zero attached hydrogens (tertiary/aromatic N) is 1. The zero-order chi connectivity index (χ0) is 14.5. The van der Waals surface area contributed by atoms with Crippen LogP contribution in [-0.4, -0.2) is 30.6 Å². The van der Waals surface area contributed by atoms with Crippen molar-refractivity contribution in [2.75, 3.05) is 19.6 Å². The van der Waals surface area contributed by atoms with E-state index in [0.29, 0.717) is 5.41 Å². The second-order valence-corrected chi connectivity index (χ2v) is 7.81. The first-order chi connectivity index (χ1) is 8.84. The van der Waals surface area contributed by atoms with Crippen LogP contribution in [0, 0.1) is 17.3 Å². The number of piperidine rings is 1. The molecule has 2 nitrogen and oxygen atoms in total. The maximum absolute atomic E-state index is 5.77. The molecule has 0 bridgehead atoms. The Kier molecular flexibility index (Phi) is 6.82. The summed E-state index contributed by atoms with van der Waals surface area (Å²) in [6.45, 7) is 15.3. The van der Waals surface area contributed by atoms with Crippen molar-refractivity contribution in [2.24, 2.45) is 23.0 Å². The molecule has 19 heavy (non-hydrogen) atoms. The molecule has 0 amide bonds. The van der Waals surface area contributed by atoms with Gasteiger partial charge in [0.05, 0.1) is 0 Å². The summed E-state index contributed by atoms with van der Waals surface area (Å²) < 4.78 is 0. The highest BCUT2D eigenvalue weighted by Gasteiger charge is 2.25. The second kappa shape index (κ2) is 7.64. The van der Waals surface area contributed by atoms with Gasteiger partial charge in [-0.05, 0) is 69.4 Å². The highest BCUT2D eigenvalue weighted by atomic mass is 15.2. The first-order valence-electron chi connectivity index (χ1n) is 8.28. The Morgan fingerprint density at radius 1 is 1.16 bits per heavy atom. The van der Waals surface area contributed by atoms with Crippen molar-refractivity contribution in [3.05, 3.63) is 0 Å². The van der Waals surface area contributed by atoms with Gasteiger partial charge in [0.15, 0.2) is 0 Å². The molecular formula is C17H36N2. The summed E-state index contributed by atoms with van der Waals surface area (Å²) in [5.41, 5.74) is 6.17. The molecule has 0 saturated carbocycles. The summed E-state index contributed by atoms with van der Waals surface area (Å²) in [7, 11) is 0. The summed E-state index contributed by atoms with van der Waals surface area (Å²) in [4.78, 5) is 2.70. The Bertz CT molecular complexity index is 244. The maximum Gasteiger partial charge on any atom is 0.00671 e. The van der Waals surface area contributed by atoms with Crippen molar-refractivity contribution in [3.8, 4) is 0 Å². The van der Waals surface area contributed by atoms with Gasteiger partial charge in [0.25, 0.3) is 0 Å². The lowest BCUT2D eigenvalue weighted by molar-refractivity contribution is 0.115. The second-order valence-electron chi connectivity index (χ2n) is 7.81. The minimum Gasteiger partial charge on any atom is -0.330 e. The normalized spacial score (nSPS) is 27.5. The van der Waals surface area contributed by atoms with Crippen molar-refractivity contribution < 1.29 is 0 Å². The minimum absolute atomic E-state index is 0.403. The average Bonchev–Trinajstić information content (AvgIpc) is 2.31. The first kappa shape index (κ1) is 17.0. The molecule has 2 heteroatoms. The van der Waals surface area contributed by atoms with Gasteiger partial charge in [-0.1, -0.05) is 27.7 Å². The summed E-state index contributed by atoms with van der Waals surface area (Å²) in [5.74, 6) is 1.66. The Labute approximate surface area is 121 Å². The van der Waals surface area contributed by atoms with Gasteiger partial charge in [0, 0.05) is 12.6 Å². The number of hydrogen-bond acceptors (Lipinski definition) is 2. The Morgan fingerprint density at radius 2 is 1.84 bits per heavy atom. The highest BCUT2D eigenvalue weighted by molar-refractivity contribution is 4.79. The standard InChI is InChI=1S/C17H36N2/c1-14-8-9-15(2)19(13-14)12-6-7-16(10-11-18)17(3,4)5/h14-16H,6-13,18H2,1-5H3. The van der Waals surface area contributed by atoms with Crippen LogP contribution in [0.1, 0.15) is 66.7 Å². The Balaban J connectivity index is 2.34. The van der Waals surface area contributed by atoms with Gasteiger partial charge in [0.2, 0.25) is 0 Å².